The molecule has 0 fully saturated rings. The fraction of sp³-hybridized carbons (Fsp3) is 1.00. The molecule has 0 amide bonds. The van der Waals surface area contributed by atoms with Gasteiger partial charge in [-0.05, 0) is 39.0 Å². The van der Waals surface area contributed by atoms with E-state index in [1.165, 1.54) is 6.42 Å². The Morgan fingerprint density at radius 1 is 1.07 bits per heavy atom. The molecule has 2 nitrogen and oxygen atoms in total. The van der Waals surface area contributed by atoms with Gasteiger partial charge < -0.3 is 10.6 Å². The van der Waals surface area contributed by atoms with Crippen LogP contribution in [-0.4, -0.2) is 26.7 Å². The first-order chi connectivity index (χ1) is 6.68. The Kier molecular flexibility index (Phi) is 32.1. The van der Waals surface area contributed by atoms with Crippen LogP contribution < -0.4 is 10.6 Å². The van der Waals surface area contributed by atoms with E-state index in [9.17, 15) is 0 Å². The number of hydrogen-bond acceptors (Lipinski definition) is 2. The summed E-state index contributed by atoms with van der Waals surface area (Å²) < 4.78 is 0. The highest BCUT2D eigenvalue weighted by molar-refractivity contribution is 4.42. The van der Waals surface area contributed by atoms with E-state index in [4.69, 9.17) is 0 Å². The van der Waals surface area contributed by atoms with Gasteiger partial charge in [-0.1, -0.05) is 41.5 Å². The third-order valence-electron chi connectivity index (χ3n) is 1.29. The minimum atomic E-state index is 0.787. The predicted octanol–water partition coefficient (Wildman–Crippen LogP) is 2.89. The SMILES string of the molecule is CC.CCCNCC.CNCC(C)C. The average molecular weight is 204 g/mol. The highest BCUT2D eigenvalue weighted by Gasteiger charge is 1.84. The van der Waals surface area contributed by atoms with Crippen LogP contribution in [-0.2, 0) is 0 Å². The Balaban J connectivity index is -0.000000147. The maximum absolute atomic E-state index is 3.20. The minimum absolute atomic E-state index is 0.787. The second-order valence-electron chi connectivity index (χ2n) is 3.31. The summed E-state index contributed by atoms with van der Waals surface area (Å²) in [5, 5.41) is 6.27. The summed E-state index contributed by atoms with van der Waals surface area (Å²) in [6.07, 6.45) is 1.24. The second kappa shape index (κ2) is 23.1. The predicted molar refractivity (Wildman–Crippen MR) is 68.9 cm³/mol. The van der Waals surface area contributed by atoms with Crippen LogP contribution in [0.5, 0.6) is 0 Å². The molecular weight excluding hydrogens is 172 g/mol. The lowest BCUT2D eigenvalue weighted by Gasteiger charge is -1.98. The van der Waals surface area contributed by atoms with Crippen molar-refractivity contribution in [3.8, 4) is 0 Å². The topological polar surface area (TPSA) is 24.1 Å². The Labute approximate surface area is 91.9 Å². The molecule has 0 aromatic carbocycles. The van der Waals surface area contributed by atoms with Crippen molar-refractivity contribution >= 4 is 0 Å². The molecule has 2 heteroatoms. The van der Waals surface area contributed by atoms with Gasteiger partial charge >= 0.3 is 0 Å². The van der Waals surface area contributed by atoms with Crippen molar-refractivity contribution in [2.75, 3.05) is 26.7 Å². The molecule has 0 saturated heterocycles. The first kappa shape index (κ1) is 19.5. The van der Waals surface area contributed by atoms with Crippen LogP contribution in [0.25, 0.3) is 0 Å². The molecule has 0 saturated carbocycles. The van der Waals surface area contributed by atoms with Crippen molar-refractivity contribution in [3.63, 3.8) is 0 Å². The third kappa shape index (κ3) is 40.6. The van der Waals surface area contributed by atoms with Gasteiger partial charge in [0.05, 0.1) is 0 Å². The Morgan fingerprint density at radius 3 is 1.64 bits per heavy atom. The van der Waals surface area contributed by atoms with Crippen LogP contribution in [0.15, 0.2) is 0 Å². The van der Waals surface area contributed by atoms with E-state index < -0.39 is 0 Å². The summed E-state index contributed by atoms with van der Waals surface area (Å²) in [5.41, 5.74) is 0. The average Bonchev–Trinajstić information content (AvgIpc) is 2.18. The first-order valence-corrected chi connectivity index (χ1v) is 6.04. The zero-order chi connectivity index (χ0) is 11.8. The maximum atomic E-state index is 3.20. The molecule has 0 heterocycles. The van der Waals surface area contributed by atoms with Crippen molar-refractivity contribution in [1.29, 1.82) is 0 Å². The molecule has 0 unspecified atom stereocenters. The van der Waals surface area contributed by atoms with E-state index in [0.29, 0.717) is 0 Å². The lowest BCUT2D eigenvalue weighted by atomic mass is 10.2. The van der Waals surface area contributed by atoms with Gasteiger partial charge in [-0.25, -0.2) is 0 Å². The maximum Gasteiger partial charge on any atom is -0.00288 e. The smallest absolute Gasteiger partial charge is 0.00288 e. The fourth-order valence-electron chi connectivity index (χ4n) is 0.762. The molecule has 0 atom stereocenters. The molecule has 0 rings (SSSR count). The van der Waals surface area contributed by atoms with E-state index in [1.54, 1.807) is 0 Å². The Bertz CT molecular complexity index is 59.3. The van der Waals surface area contributed by atoms with Crippen LogP contribution in [0.1, 0.15) is 48.0 Å². The van der Waals surface area contributed by atoms with Crippen LogP contribution in [0, 0.1) is 5.92 Å². The Hall–Kier alpha value is -0.0800. The molecule has 0 aromatic rings. The summed E-state index contributed by atoms with van der Waals surface area (Å²) in [5.74, 6) is 0.787. The van der Waals surface area contributed by atoms with E-state index in [1.807, 2.05) is 20.9 Å². The summed E-state index contributed by atoms with van der Waals surface area (Å²) in [7, 11) is 1.97. The molecule has 2 N–H and O–H groups in total. The van der Waals surface area contributed by atoms with E-state index >= 15 is 0 Å². The summed E-state index contributed by atoms with van der Waals surface area (Å²) in [4.78, 5) is 0. The van der Waals surface area contributed by atoms with Gasteiger partial charge in [-0.15, -0.1) is 0 Å². The standard InChI is InChI=1S/2C5H13N.C2H6/c1-5(2)4-6-3;1-3-5-6-4-2;1-2/h5-6H,4H2,1-3H3;6H,3-5H2,1-2H3;1-2H3. The summed E-state index contributed by atoms with van der Waals surface area (Å²) >= 11 is 0. The molecule has 14 heavy (non-hydrogen) atoms. The molecule has 0 aliphatic heterocycles. The summed E-state index contributed by atoms with van der Waals surface area (Å²) in [6.45, 7) is 16.1. The summed E-state index contributed by atoms with van der Waals surface area (Å²) in [6, 6.07) is 0. The van der Waals surface area contributed by atoms with Gasteiger partial charge in [0.25, 0.3) is 0 Å². The zero-order valence-corrected chi connectivity index (χ0v) is 11.4. The number of nitrogens with one attached hydrogen (secondary N) is 2. The van der Waals surface area contributed by atoms with Gasteiger partial charge in [0.1, 0.15) is 0 Å². The zero-order valence-electron chi connectivity index (χ0n) is 11.4. The first-order valence-electron chi connectivity index (χ1n) is 6.04. The number of hydrogen-bond donors (Lipinski definition) is 2. The van der Waals surface area contributed by atoms with Crippen molar-refractivity contribution < 1.29 is 0 Å². The fourth-order valence-corrected chi connectivity index (χ4v) is 0.762. The third-order valence-corrected chi connectivity index (χ3v) is 1.29. The quantitative estimate of drug-likeness (QED) is 0.673. The number of rotatable bonds is 5. The lowest BCUT2D eigenvalue weighted by molar-refractivity contribution is 0.595. The normalized spacial score (nSPS) is 8.57. The van der Waals surface area contributed by atoms with Crippen molar-refractivity contribution in [3.05, 3.63) is 0 Å². The van der Waals surface area contributed by atoms with Gasteiger partial charge in [0, 0.05) is 0 Å². The molecule has 0 radical (unpaired) electrons. The Morgan fingerprint density at radius 2 is 1.57 bits per heavy atom. The van der Waals surface area contributed by atoms with E-state index in [-0.39, 0.29) is 0 Å². The largest absolute Gasteiger partial charge is 0.319 e. The van der Waals surface area contributed by atoms with E-state index in [2.05, 4.69) is 38.3 Å². The second-order valence-corrected chi connectivity index (χ2v) is 3.31. The van der Waals surface area contributed by atoms with Gasteiger partial charge in [-0.3, -0.25) is 0 Å². The highest BCUT2D eigenvalue weighted by Crippen LogP contribution is 1.83. The monoisotopic (exact) mass is 204 g/mol. The molecule has 0 bridgehead atoms. The molecule has 90 valence electrons. The van der Waals surface area contributed by atoms with E-state index in [0.717, 1.165) is 25.6 Å². The van der Waals surface area contributed by atoms with Crippen molar-refractivity contribution in [2.24, 2.45) is 5.92 Å². The minimum Gasteiger partial charge on any atom is -0.319 e. The van der Waals surface area contributed by atoms with Crippen molar-refractivity contribution in [1.82, 2.24) is 10.6 Å². The van der Waals surface area contributed by atoms with Crippen LogP contribution in [0.4, 0.5) is 0 Å². The molecule has 0 aliphatic carbocycles. The van der Waals surface area contributed by atoms with Crippen LogP contribution >= 0.6 is 0 Å². The molecule has 0 spiro atoms. The van der Waals surface area contributed by atoms with Crippen LogP contribution in [0.3, 0.4) is 0 Å². The van der Waals surface area contributed by atoms with Gasteiger partial charge in [-0.2, -0.15) is 0 Å². The van der Waals surface area contributed by atoms with Crippen LogP contribution in [0.2, 0.25) is 0 Å². The molecule has 0 aromatic heterocycles. The highest BCUT2D eigenvalue weighted by atomic mass is 14.8. The van der Waals surface area contributed by atoms with Gasteiger partial charge in [0.2, 0.25) is 0 Å². The molecular formula is C12H32N2. The lowest BCUT2D eigenvalue weighted by Crippen LogP contribution is -2.12. The van der Waals surface area contributed by atoms with Gasteiger partial charge in [0.15, 0.2) is 0 Å². The molecule has 0 aliphatic rings. The van der Waals surface area contributed by atoms with Crippen molar-refractivity contribution in [2.45, 2.75) is 48.0 Å².